The molecule has 4 rings (SSSR count). The van der Waals surface area contributed by atoms with Gasteiger partial charge in [-0.2, -0.15) is 4.98 Å². The molecule has 2 N–H and O–H groups in total. The molecule has 1 fully saturated rings. The zero-order valence-corrected chi connectivity index (χ0v) is 23.1. The van der Waals surface area contributed by atoms with E-state index in [4.69, 9.17) is 14.7 Å². The lowest BCUT2D eigenvalue weighted by molar-refractivity contribution is 0.322. The lowest BCUT2D eigenvalue weighted by atomic mass is 9.86. The van der Waals surface area contributed by atoms with Gasteiger partial charge in [0.2, 0.25) is 5.95 Å². The first-order valence-corrected chi connectivity index (χ1v) is 13.6. The van der Waals surface area contributed by atoms with Crippen molar-refractivity contribution in [3.8, 4) is 5.75 Å². The van der Waals surface area contributed by atoms with Crippen molar-refractivity contribution in [2.45, 2.75) is 64.0 Å². The second-order valence-corrected chi connectivity index (χ2v) is 11.2. The number of hydrogen-bond acceptors (Lipinski definition) is 6. The number of ether oxygens (including phenoxy) is 1. The minimum Gasteiger partial charge on any atom is -0.495 e. The molecule has 1 heterocycles. The summed E-state index contributed by atoms with van der Waals surface area (Å²) in [6, 6.07) is 4.60. The molecule has 0 aliphatic heterocycles. The van der Waals surface area contributed by atoms with Gasteiger partial charge in [0.25, 0.3) is 0 Å². The fourth-order valence-electron chi connectivity index (χ4n) is 5.09. The first-order valence-electron chi connectivity index (χ1n) is 12.0. The van der Waals surface area contributed by atoms with E-state index in [0.717, 1.165) is 70.8 Å². The Hall–Kier alpha value is -1.38. The molecule has 1 saturated carbocycles. The fourth-order valence-corrected chi connectivity index (χ4v) is 6.56. The molecule has 2 aliphatic rings. The summed E-state index contributed by atoms with van der Waals surface area (Å²) in [6.07, 6.45) is 9.41. The zero-order valence-electron chi connectivity index (χ0n) is 19.9. The molecular formula is C25H35Br2N5O. The van der Waals surface area contributed by atoms with E-state index in [-0.39, 0.29) is 0 Å². The molecule has 2 aliphatic carbocycles. The summed E-state index contributed by atoms with van der Waals surface area (Å²) in [7, 11) is 5.89. The van der Waals surface area contributed by atoms with Gasteiger partial charge < -0.3 is 20.3 Å². The van der Waals surface area contributed by atoms with Crippen LogP contribution >= 0.6 is 31.9 Å². The predicted molar refractivity (Wildman–Crippen MR) is 142 cm³/mol. The van der Waals surface area contributed by atoms with Gasteiger partial charge in [-0.25, -0.2) is 4.98 Å². The molecule has 8 heteroatoms. The largest absolute Gasteiger partial charge is 0.495 e. The van der Waals surface area contributed by atoms with Gasteiger partial charge in [0, 0.05) is 42.3 Å². The Morgan fingerprint density at radius 2 is 1.82 bits per heavy atom. The fraction of sp³-hybridized carbons (Fsp3) is 0.600. The average Bonchev–Trinajstić information content (AvgIpc) is 2.79. The summed E-state index contributed by atoms with van der Waals surface area (Å²) in [4.78, 5) is 11.9. The lowest BCUT2D eigenvalue weighted by Gasteiger charge is -2.30. The molecule has 180 valence electrons. The molecule has 0 saturated heterocycles. The quantitative estimate of drug-likeness (QED) is 0.417. The van der Waals surface area contributed by atoms with Gasteiger partial charge in [-0.15, -0.1) is 0 Å². The smallest absolute Gasteiger partial charge is 0.225 e. The summed E-state index contributed by atoms with van der Waals surface area (Å²) < 4.78 is 7.60. The van der Waals surface area contributed by atoms with Gasteiger partial charge in [0.1, 0.15) is 11.6 Å². The highest BCUT2D eigenvalue weighted by Gasteiger charge is 2.24. The normalized spacial score (nSPS) is 20.3. The molecule has 0 atom stereocenters. The van der Waals surface area contributed by atoms with Crippen LogP contribution in [0.5, 0.6) is 5.75 Å². The number of nitrogens with zero attached hydrogens (tertiary/aromatic N) is 3. The van der Waals surface area contributed by atoms with Crippen LogP contribution in [0.1, 0.15) is 55.3 Å². The van der Waals surface area contributed by atoms with Crippen LogP contribution < -0.4 is 20.3 Å². The maximum Gasteiger partial charge on any atom is 0.225 e. The van der Waals surface area contributed by atoms with Gasteiger partial charge in [0.15, 0.2) is 0 Å². The van der Waals surface area contributed by atoms with Crippen LogP contribution in [0.2, 0.25) is 0 Å². The number of hydrogen-bond donors (Lipinski definition) is 2. The number of aromatic nitrogens is 2. The number of fused-ring (bicyclic) bond motifs is 1. The van der Waals surface area contributed by atoms with Crippen molar-refractivity contribution in [3.05, 3.63) is 37.9 Å². The molecule has 0 radical (unpaired) electrons. The van der Waals surface area contributed by atoms with Crippen molar-refractivity contribution in [2.75, 3.05) is 38.0 Å². The Morgan fingerprint density at radius 3 is 2.55 bits per heavy atom. The molecule has 1 aromatic heterocycles. The summed E-state index contributed by atoms with van der Waals surface area (Å²) >= 11 is 7.17. The average molecular weight is 581 g/mol. The molecule has 0 amide bonds. The Balaban J connectivity index is 1.28. The summed E-state index contributed by atoms with van der Waals surface area (Å²) in [5.41, 5.74) is 3.76. The second kappa shape index (κ2) is 11.4. The van der Waals surface area contributed by atoms with E-state index < -0.39 is 0 Å². The monoisotopic (exact) mass is 579 g/mol. The summed E-state index contributed by atoms with van der Waals surface area (Å²) in [6.45, 7) is 1.83. The van der Waals surface area contributed by atoms with Gasteiger partial charge in [-0.1, -0.05) is 15.9 Å². The Kier molecular flexibility index (Phi) is 8.52. The van der Waals surface area contributed by atoms with E-state index in [1.807, 2.05) is 6.07 Å². The van der Waals surface area contributed by atoms with Crippen LogP contribution in [0, 0.1) is 5.92 Å². The van der Waals surface area contributed by atoms with Gasteiger partial charge in [-0.05, 0) is 91.9 Å². The van der Waals surface area contributed by atoms with Crippen LogP contribution in [-0.2, 0) is 19.4 Å². The van der Waals surface area contributed by atoms with Crippen molar-refractivity contribution >= 4 is 43.6 Å². The minimum absolute atomic E-state index is 0.457. The summed E-state index contributed by atoms with van der Waals surface area (Å²) in [5, 5.41) is 7.31. The number of aryl methyl sites for hydroxylation is 1. The van der Waals surface area contributed by atoms with Crippen molar-refractivity contribution in [1.29, 1.82) is 0 Å². The highest BCUT2D eigenvalue weighted by Crippen LogP contribution is 2.33. The van der Waals surface area contributed by atoms with Gasteiger partial charge in [0.05, 0.1) is 17.3 Å². The van der Waals surface area contributed by atoms with E-state index in [0.29, 0.717) is 12.0 Å². The number of anilines is 2. The van der Waals surface area contributed by atoms with Gasteiger partial charge in [-0.3, -0.25) is 0 Å². The van der Waals surface area contributed by atoms with E-state index >= 15 is 0 Å². The maximum absolute atomic E-state index is 5.57. The van der Waals surface area contributed by atoms with Crippen LogP contribution in [0.25, 0.3) is 0 Å². The molecule has 0 unspecified atom stereocenters. The first-order chi connectivity index (χ1) is 15.9. The molecule has 2 aromatic rings. The second-order valence-electron chi connectivity index (χ2n) is 9.47. The number of rotatable bonds is 8. The Labute approximate surface area is 214 Å². The predicted octanol–water partition coefficient (Wildman–Crippen LogP) is 5.72. The zero-order chi connectivity index (χ0) is 23.4. The molecule has 1 aromatic carbocycles. The molecule has 0 bridgehead atoms. The van der Waals surface area contributed by atoms with Crippen molar-refractivity contribution in [1.82, 2.24) is 15.3 Å². The minimum atomic E-state index is 0.457. The van der Waals surface area contributed by atoms with E-state index in [1.54, 1.807) is 7.11 Å². The molecule has 33 heavy (non-hydrogen) atoms. The number of benzene rings is 1. The standard InChI is InChI=1S/C25H35Br2N5O/c1-32(2)24-20-6-4-5-7-22(20)30-25(31-24)29-19-10-8-16(9-11-19)14-28-15-17-12-18(26)13-21(27)23(17)33-3/h12-13,16,19,28H,4-11,14-15H2,1-3H3,(H,29,30,31). The topological polar surface area (TPSA) is 62.3 Å². The van der Waals surface area contributed by atoms with Gasteiger partial charge >= 0.3 is 0 Å². The first kappa shape index (κ1) is 24.7. The SMILES string of the molecule is COc1c(Br)cc(Br)cc1CNCC1CCC(Nc2nc3c(c(N(C)C)n2)CCCC3)CC1. The van der Waals surface area contributed by atoms with Crippen LogP contribution in [-0.4, -0.2) is 43.8 Å². The third kappa shape index (κ3) is 6.20. The van der Waals surface area contributed by atoms with Crippen LogP contribution in [0.15, 0.2) is 21.1 Å². The van der Waals surface area contributed by atoms with E-state index in [2.05, 4.69) is 67.6 Å². The Morgan fingerprint density at radius 1 is 1.06 bits per heavy atom. The van der Waals surface area contributed by atoms with Crippen LogP contribution in [0.4, 0.5) is 11.8 Å². The lowest BCUT2D eigenvalue weighted by Crippen LogP contribution is -2.32. The Bertz CT molecular complexity index is 960. The van der Waals surface area contributed by atoms with E-state index in [1.165, 1.54) is 36.9 Å². The van der Waals surface area contributed by atoms with Crippen molar-refractivity contribution < 1.29 is 4.74 Å². The van der Waals surface area contributed by atoms with Crippen LogP contribution in [0.3, 0.4) is 0 Å². The van der Waals surface area contributed by atoms with Crippen molar-refractivity contribution in [3.63, 3.8) is 0 Å². The molecular weight excluding hydrogens is 546 g/mol. The number of nitrogens with one attached hydrogen (secondary N) is 2. The maximum atomic E-state index is 5.57. The highest BCUT2D eigenvalue weighted by molar-refractivity contribution is 9.11. The van der Waals surface area contributed by atoms with Crippen molar-refractivity contribution in [2.24, 2.45) is 5.92 Å². The number of methoxy groups -OCH3 is 1. The molecule has 6 nitrogen and oxygen atoms in total. The molecule has 0 spiro atoms. The summed E-state index contributed by atoms with van der Waals surface area (Å²) in [5.74, 6) is 3.51. The number of halogens is 2. The third-order valence-electron chi connectivity index (χ3n) is 6.80. The third-order valence-corrected chi connectivity index (χ3v) is 7.85. The highest BCUT2D eigenvalue weighted by atomic mass is 79.9. The van der Waals surface area contributed by atoms with E-state index in [9.17, 15) is 0 Å².